The summed E-state index contributed by atoms with van der Waals surface area (Å²) in [6.07, 6.45) is 2.61. The molecule has 2 aromatic carbocycles. The van der Waals surface area contributed by atoms with Gasteiger partial charge in [-0.25, -0.2) is 4.79 Å². The Hall–Kier alpha value is -3.21. The highest BCUT2D eigenvalue weighted by molar-refractivity contribution is 6.04. The normalized spacial score (nSPS) is 13.9. The van der Waals surface area contributed by atoms with E-state index in [9.17, 15) is 4.79 Å². The first-order chi connectivity index (χ1) is 13.1. The summed E-state index contributed by atoms with van der Waals surface area (Å²) in [7, 11) is 0. The summed E-state index contributed by atoms with van der Waals surface area (Å²) in [6, 6.07) is 9.48. The standard InChI is InChI=1S/C22H18O5/c1-12-8-20(23)27-22-13(2)21-16(10-15(12)22)17(11-26-21)14-4-5-18-19(9-14)25-7-3-6-24-18/h4-5,8-11H,3,6-7H2,1-2H3. The van der Waals surface area contributed by atoms with Gasteiger partial charge in [-0.3, -0.25) is 0 Å². The van der Waals surface area contributed by atoms with Crippen molar-refractivity contribution in [2.45, 2.75) is 20.3 Å². The molecule has 0 radical (unpaired) electrons. The van der Waals surface area contributed by atoms with E-state index in [0.717, 1.165) is 56.5 Å². The second kappa shape index (κ2) is 5.91. The zero-order valence-electron chi connectivity index (χ0n) is 15.1. The van der Waals surface area contributed by atoms with Gasteiger partial charge in [0.2, 0.25) is 0 Å². The fourth-order valence-corrected chi connectivity index (χ4v) is 3.68. The molecule has 0 spiro atoms. The Balaban J connectivity index is 1.75. The van der Waals surface area contributed by atoms with E-state index in [1.165, 1.54) is 6.07 Å². The van der Waals surface area contributed by atoms with Crippen LogP contribution in [0.5, 0.6) is 11.5 Å². The van der Waals surface area contributed by atoms with Crippen LogP contribution in [0.4, 0.5) is 0 Å². The molecule has 0 unspecified atom stereocenters. The smallest absolute Gasteiger partial charge is 0.336 e. The lowest BCUT2D eigenvalue weighted by Gasteiger charge is -2.09. The van der Waals surface area contributed by atoms with Crippen LogP contribution in [0.25, 0.3) is 33.1 Å². The van der Waals surface area contributed by atoms with Crippen molar-refractivity contribution in [3.05, 3.63) is 58.1 Å². The molecule has 0 bridgehead atoms. The van der Waals surface area contributed by atoms with Gasteiger partial charge in [-0.2, -0.15) is 0 Å². The van der Waals surface area contributed by atoms with Crippen molar-refractivity contribution in [1.82, 2.24) is 0 Å². The van der Waals surface area contributed by atoms with E-state index in [-0.39, 0.29) is 5.63 Å². The van der Waals surface area contributed by atoms with E-state index < -0.39 is 0 Å². The van der Waals surface area contributed by atoms with E-state index >= 15 is 0 Å². The van der Waals surface area contributed by atoms with Crippen LogP contribution in [0.1, 0.15) is 17.5 Å². The van der Waals surface area contributed by atoms with E-state index in [1.54, 1.807) is 6.26 Å². The molecule has 136 valence electrons. The SMILES string of the molecule is Cc1cc(=O)oc2c(C)c3occ(-c4ccc5c(c4)OCCCO5)c3cc12. The summed E-state index contributed by atoms with van der Waals surface area (Å²) >= 11 is 0. The largest absolute Gasteiger partial charge is 0.490 e. The fourth-order valence-electron chi connectivity index (χ4n) is 3.68. The van der Waals surface area contributed by atoms with Gasteiger partial charge < -0.3 is 18.3 Å². The summed E-state index contributed by atoms with van der Waals surface area (Å²) < 4.78 is 22.8. The monoisotopic (exact) mass is 362 g/mol. The highest BCUT2D eigenvalue weighted by Crippen LogP contribution is 2.40. The maximum absolute atomic E-state index is 11.8. The quantitative estimate of drug-likeness (QED) is 0.447. The predicted molar refractivity (Wildman–Crippen MR) is 103 cm³/mol. The van der Waals surface area contributed by atoms with Crippen molar-refractivity contribution in [3.63, 3.8) is 0 Å². The van der Waals surface area contributed by atoms with Crippen LogP contribution in [-0.2, 0) is 0 Å². The molecule has 0 fully saturated rings. The average Bonchev–Trinajstić information content (AvgIpc) is 2.93. The Labute approximate surface area is 155 Å². The number of furan rings is 1. The molecule has 27 heavy (non-hydrogen) atoms. The number of benzene rings is 2. The Bertz CT molecular complexity index is 1250. The molecule has 0 N–H and O–H groups in total. The second-order valence-corrected chi connectivity index (χ2v) is 6.86. The van der Waals surface area contributed by atoms with E-state index in [4.69, 9.17) is 18.3 Å². The molecule has 0 saturated carbocycles. The highest BCUT2D eigenvalue weighted by atomic mass is 16.5. The number of ether oxygens (including phenoxy) is 2. The third-order valence-corrected chi connectivity index (χ3v) is 5.06. The molecule has 0 atom stereocenters. The van der Waals surface area contributed by atoms with Crippen LogP contribution in [0.15, 0.2) is 50.2 Å². The summed E-state index contributed by atoms with van der Waals surface area (Å²) in [5.41, 5.74) is 4.62. The minimum absolute atomic E-state index is 0.350. The summed E-state index contributed by atoms with van der Waals surface area (Å²) in [5.74, 6) is 1.52. The molecule has 1 aliphatic heterocycles. The molecule has 3 heterocycles. The molecular weight excluding hydrogens is 344 g/mol. The molecular formula is C22H18O5. The minimum atomic E-state index is -0.350. The van der Waals surface area contributed by atoms with Gasteiger partial charge in [0.25, 0.3) is 0 Å². The third kappa shape index (κ3) is 2.50. The molecule has 5 heteroatoms. The van der Waals surface area contributed by atoms with Gasteiger partial charge in [-0.05, 0) is 43.2 Å². The fraction of sp³-hybridized carbons (Fsp3) is 0.227. The molecule has 5 rings (SSSR count). The molecule has 0 aliphatic carbocycles. The molecule has 0 amide bonds. The maximum atomic E-state index is 11.8. The first kappa shape index (κ1) is 16.0. The Morgan fingerprint density at radius 2 is 1.70 bits per heavy atom. The lowest BCUT2D eigenvalue weighted by atomic mass is 9.99. The summed E-state index contributed by atoms with van der Waals surface area (Å²) in [4.78, 5) is 11.8. The van der Waals surface area contributed by atoms with Crippen LogP contribution < -0.4 is 15.1 Å². The van der Waals surface area contributed by atoms with Crippen molar-refractivity contribution >= 4 is 21.9 Å². The zero-order valence-corrected chi connectivity index (χ0v) is 15.1. The lowest BCUT2D eigenvalue weighted by Crippen LogP contribution is -1.99. The van der Waals surface area contributed by atoms with Crippen LogP contribution in [0.2, 0.25) is 0 Å². The van der Waals surface area contributed by atoms with Gasteiger partial charge in [-0.1, -0.05) is 6.07 Å². The van der Waals surface area contributed by atoms with E-state index in [0.29, 0.717) is 18.8 Å². The summed E-state index contributed by atoms with van der Waals surface area (Å²) in [6.45, 7) is 5.13. The topological polar surface area (TPSA) is 61.8 Å². The Morgan fingerprint density at radius 3 is 2.56 bits per heavy atom. The van der Waals surface area contributed by atoms with Gasteiger partial charge in [-0.15, -0.1) is 0 Å². The Morgan fingerprint density at radius 1 is 0.889 bits per heavy atom. The molecule has 2 aromatic heterocycles. The van der Waals surface area contributed by atoms with Crippen molar-refractivity contribution in [2.24, 2.45) is 0 Å². The van der Waals surface area contributed by atoms with Gasteiger partial charge in [0.05, 0.1) is 19.5 Å². The van der Waals surface area contributed by atoms with Crippen molar-refractivity contribution in [2.75, 3.05) is 13.2 Å². The molecule has 0 saturated heterocycles. The van der Waals surface area contributed by atoms with E-state index in [2.05, 4.69) is 0 Å². The molecule has 4 aromatic rings. The lowest BCUT2D eigenvalue weighted by molar-refractivity contribution is 0.297. The van der Waals surface area contributed by atoms with Crippen molar-refractivity contribution < 1.29 is 18.3 Å². The van der Waals surface area contributed by atoms with Crippen LogP contribution in [0, 0.1) is 13.8 Å². The molecule has 1 aliphatic rings. The van der Waals surface area contributed by atoms with Gasteiger partial charge in [0.1, 0.15) is 11.2 Å². The Kier molecular flexibility index (Phi) is 3.50. The van der Waals surface area contributed by atoms with Crippen molar-refractivity contribution in [1.29, 1.82) is 0 Å². The second-order valence-electron chi connectivity index (χ2n) is 6.86. The predicted octanol–water partition coefficient (Wildman–Crippen LogP) is 4.98. The number of hydrogen-bond acceptors (Lipinski definition) is 5. The van der Waals surface area contributed by atoms with Crippen LogP contribution in [-0.4, -0.2) is 13.2 Å². The number of rotatable bonds is 1. The first-order valence-corrected chi connectivity index (χ1v) is 8.97. The van der Waals surface area contributed by atoms with Gasteiger partial charge >= 0.3 is 5.63 Å². The van der Waals surface area contributed by atoms with Crippen molar-refractivity contribution in [3.8, 4) is 22.6 Å². The number of fused-ring (bicyclic) bond motifs is 3. The highest BCUT2D eigenvalue weighted by Gasteiger charge is 2.18. The number of aryl methyl sites for hydroxylation is 2. The van der Waals surface area contributed by atoms with Gasteiger partial charge in [0.15, 0.2) is 11.5 Å². The minimum Gasteiger partial charge on any atom is -0.490 e. The first-order valence-electron chi connectivity index (χ1n) is 8.97. The molecule has 5 nitrogen and oxygen atoms in total. The third-order valence-electron chi connectivity index (χ3n) is 5.06. The number of hydrogen-bond donors (Lipinski definition) is 0. The maximum Gasteiger partial charge on any atom is 0.336 e. The van der Waals surface area contributed by atoms with E-state index in [1.807, 2.05) is 38.1 Å². The van der Waals surface area contributed by atoms with Crippen LogP contribution >= 0.6 is 0 Å². The van der Waals surface area contributed by atoms with Crippen LogP contribution in [0.3, 0.4) is 0 Å². The average molecular weight is 362 g/mol. The van der Waals surface area contributed by atoms with Gasteiger partial charge in [0, 0.05) is 34.4 Å². The summed E-state index contributed by atoms with van der Waals surface area (Å²) in [5, 5.41) is 1.89. The zero-order chi connectivity index (χ0) is 18.5.